The van der Waals surface area contributed by atoms with Gasteiger partial charge in [-0.1, -0.05) is 6.07 Å². The van der Waals surface area contributed by atoms with Gasteiger partial charge in [0.1, 0.15) is 11.5 Å². The molecule has 0 aliphatic heterocycles. The summed E-state index contributed by atoms with van der Waals surface area (Å²) < 4.78 is 5.18. The minimum absolute atomic E-state index is 0.155. The number of rotatable bonds is 4. The number of aromatic nitrogens is 1. The Hall–Kier alpha value is -1.71. The fourth-order valence-corrected chi connectivity index (χ4v) is 1.38. The molecule has 0 bridgehead atoms. The molecular weight excluding hydrogens is 230 g/mol. The summed E-state index contributed by atoms with van der Waals surface area (Å²) in [5.41, 5.74) is 0.234. The van der Waals surface area contributed by atoms with E-state index in [1.807, 2.05) is 6.07 Å². The highest BCUT2D eigenvalue weighted by Crippen LogP contribution is 2.13. The number of pyridine rings is 1. The highest BCUT2D eigenvalue weighted by molar-refractivity contribution is 5.99. The van der Waals surface area contributed by atoms with Gasteiger partial charge in [0, 0.05) is 18.8 Å². The summed E-state index contributed by atoms with van der Waals surface area (Å²) in [5, 5.41) is 0. The third-order valence-corrected chi connectivity index (χ3v) is 2.34. The Bertz CT molecular complexity index is 420. The van der Waals surface area contributed by atoms with Crippen LogP contribution in [0.15, 0.2) is 24.5 Å². The monoisotopic (exact) mass is 249 g/mol. The third kappa shape index (κ3) is 4.65. The van der Waals surface area contributed by atoms with Crippen molar-refractivity contribution >= 4 is 11.8 Å². The zero-order valence-electron chi connectivity index (χ0n) is 11.3. The van der Waals surface area contributed by atoms with Crippen molar-refractivity contribution in [3.05, 3.63) is 30.1 Å². The van der Waals surface area contributed by atoms with Gasteiger partial charge in [-0.25, -0.2) is 0 Å². The summed E-state index contributed by atoms with van der Waals surface area (Å²) in [4.78, 5) is 27.6. The zero-order chi connectivity index (χ0) is 13.8. The maximum absolute atomic E-state index is 11.9. The number of nitrogens with zero attached hydrogens (tertiary/aromatic N) is 1. The van der Waals surface area contributed by atoms with E-state index in [0.717, 1.165) is 5.56 Å². The molecule has 1 heterocycles. The molecule has 1 atom stereocenters. The van der Waals surface area contributed by atoms with Crippen molar-refractivity contribution in [3.63, 3.8) is 0 Å². The molecular formula is C14H19NO3. The van der Waals surface area contributed by atoms with E-state index in [4.69, 9.17) is 4.74 Å². The van der Waals surface area contributed by atoms with E-state index in [9.17, 15) is 9.59 Å². The van der Waals surface area contributed by atoms with Gasteiger partial charge < -0.3 is 4.74 Å². The van der Waals surface area contributed by atoms with Crippen molar-refractivity contribution in [2.75, 3.05) is 0 Å². The fourth-order valence-electron chi connectivity index (χ4n) is 1.38. The van der Waals surface area contributed by atoms with Gasteiger partial charge in [-0.2, -0.15) is 0 Å². The van der Waals surface area contributed by atoms with Gasteiger partial charge in [-0.3, -0.25) is 14.6 Å². The third-order valence-electron chi connectivity index (χ3n) is 2.34. The van der Waals surface area contributed by atoms with Crippen LogP contribution in [0.2, 0.25) is 0 Å². The summed E-state index contributed by atoms with van der Waals surface area (Å²) in [5.74, 6) is -1.38. The van der Waals surface area contributed by atoms with E-state index in [1.54, 1.807) is 46.2 Å². The average molecular weight is 249 g/mol. The minimum Gasteiger partial charge on any atom is -0.459 e. The Labute approximate surface area is 107 Å². The van der Waals surface area contributed by atoms with E-state index in [2.05, 4.69) is 4.98 Å². The van der Waals surface area contributed by atoms with Crippen molar-refractivity contribution in [1.29, 1.82) is 0 Å². The highest BCUT2D eigenvalue weighted by Gasteiger charge is 2.26. The Morgan fingerprint density at radius 2 is 2.06 bits per heavy atom. The summed E-state index contributed by atoms with van der Waals surface area (Å²) in [6, 6.07) is 3.58. The van der Waals surface area contributed by atoms with Crippen molar-refractivity contribution in [1.82, 2.24) is 4.98 Å². The van der Waals surface area contributed by atoms with Crippen LogP contribution >= 0.6 is 0 Å². The molecule has 0 aromatic carbocycles. The molecule has 0 N–H and O–H groups in total. The van der Waals surface area contributed by atoms with Crippen LogP contribution in [0.25, 0.3) is 0 Å². The van der Waals surface area contributed by atoms with E-state index in [-0.39, 0.29) is 12.2 Å². The van der Waals surface area contributed by atoms with Crippen LogP contribution < -0.4 is 0 Å². The fraction of sp³-hybridized carbons (Fsp3) is 0.500. The molecule has 1 aromatic heterocycles. The summed E-state index contributed by atoms with van der Waals surface area (Å²) in [7, 11) is 0. The van der Waals surface area contributed by atoms with Crippen molar-refractivity contribution in [3.8, 4) is 0 Å². The number of hydrogen-bond donors (Lipinski definition) is 0. The van der Waals surface area contributed by atoms with Crippen LogP contribution in [0, 0.1) is 5.92 Å². The number of esters is 1. The Kier molecular flexibility index (Phi) is 4.59. The lowest BCUT2D eigenvalue weighted by Gasteiger charge is -2.21. The minimum atomic E-state index is -0.746. The maximum Gasteiger partial charge on any atom is 0.316 e. The molecule has 0 aliphatic rings. The van der Waals surface area contributed by atoms with E-state index >= 15 is 0 Å². The van der Waals surface area contributed by atoms with Crippen molar-refractivity contribution < 1.29 is 14.3 Å². The van der Waals surface area contributed by atoms with Crippen molar-refractivity contribution in [2.45, 2.75) is 39.7 Å². The Morgan fingerprint density at radius 3 is 2.56 bits per heavy atom. The summed E-state index contributed by atoms with van der Waals surface area (Å²) in [6.45, 7) is 6.92. The number of ether oxygens (including phenoxy) is 1. The topological polar surface area (TPSA) is 56.3 Å². The molecule has 0 fully saturated rings. The SMILES string of the molecule is CC(C(=O)Cc1cccnc1)C(=O)OC(C)(C)C. The molecule has 0 spiro atoms. The standard InChI is InChI=1S/C14H19NO3/c1-10(13(17)18-14(2,3)4)12(16)8-11-6-5-7-15-9-11/h5-7,9-10H,8H2,1-4H3. The van der Waals surface area contributed by atoms with Crippen molar-refractivity contribution in [2.24, 2.45) is 5.92 Å². The number of carbonyl (C=O) groups excluding carboxylic acids is 2. The molecule has 1 rings (SSSR count). The lowest BCUT2D eigenvalue weighted by atomic mass is 10.0. The van der Waals surface area contributed by atoms with E-state index < -0.39 is 17.5 Å². The molecule has 18 heavy (non-hydrogen) atoms. The first-order chi connectivity index (χ1) is 8.29. The molecule has 0 saturated carbocycles. The number of carbonyl (C=O) groups is 2. The molecule has 4 nitrogen and oxygen atoms in total. The average Bonchev–Trinajstić information content (AvgIpc) is 2.27. The van der Waals surface area contributed by atoms with Crippen LogP contribution in [-0.4, -0.2) is 22.3 Å². The first-order valence-corrected chi connectivity index (χ1v) is 5.94. The van der Waals surface area contributed by atoms with Gasteiger partial charge >= 0.3 is 5.97 Å². The van der Waals surface area contributed by atoms with E-state index in [0.29, 0.717) is 0 Å². The number of Topliss-reactive ketones (excluding diaryl/α,β-unsaturated/α-hetero) is 1. The first kappa shape index (κ1) is 14.4. The van der Waals surface area contributed by atoms with Crippen LogP contribution in [-0.2, 0) is 20.7 Å². The molecule has 1 unspecified atom stereocenters. The normalized spacial score (nSPS) is 12.9. The summed E-state index contributed by atoms with van der Waals surface area (Å²) >= 11 is 0. The second-order valence-corrected chi connectivity index (χ2v) is 5.26. The van der Waals surface area contributed by atoms with Gasteiger partial charge in [0.2, 0.25) is 0 Å². The Balaban J connectivity index is 2.59. The highest BCUT2D eigenvalue weighted by atomic mass is 16.6. The lowest BCUT2D eigenvalue weighted by molar-refractivity contribution is -0.161. The molecule has 0 saturated heterocycles. The molecule has 0 amide bonds. The van der Waals surface area contributed by atoms with Gasteiger partial charge in [0.25, 0.3) is 0 Å². The number of ketones is 1. The number of hydrogen-bond acceptors (Lipinski definition) is 4. The van der Waals surface area contributed by atoms with Gasteiger partial charge in [-0.05, 0) is 39.3 Å². The predicted octanol–water partition coefficient (Wildman–Crippen LogP) is 2.17. The van der Waals surface area contributed by atoms with Gasteiger partial charge in [-0.15, -0.1) is 0 Å². The van der Waals surface area contributed by atoms with Gasteiger partial charge in [0.05, 0.1) is 0 Å². The van der Waals surface area contributed by atoms with Crippen LogP contribution in [0.3, 0.4) is 0 Å². The van der Waals surface area contributed by atoms with Crippen LogP contribution in [0.1, 0.15) is 33.3 Å². The maximum atomic E-state index is 11.9. The molecule has 1 aromatic rings. The zero-order valence-corrected chi connectivity index (χ0v) is 11.3. The first-order valence-electron chi connectivity index (χ1n) is 5.94. The predicted molar refractivity (Wildman–Crippen MR) is 68.0 cm³/mol. The molecule has 98 valence electrons. The molecule has 4 heteroatoms. The molecule has 0 aliphatic carbocycles. The molecule has 0 radical (unpaired) electrons. The summed E-state index contributed by atoms with van der Waals surface area (Å²) in [6.07, 6.45) is 3.47. The second-order valence-electron chi connectivity index (χ2n) is 5.26. The van der Waals surface area contributed by atoms with Crippen LogP contribution in [0.5, 0.6) is 0 Å². The van der Waals surface area contributed by atoms with Gasteiger partial charge in [0.15, 0.2) is 5.78 Å². The quantitative estimate of drug-likeness (QED) is 0.606. The Morgan fingerprint density at radius 1 is 1.39 bits per heavy atom. The van der Waals surface area contributed by atoms with Crippen LogP contribution in [0.4, 0.5) is 0 Å². The van der Waals surface area contributed by atoms with E-state index in [1.165, 1.54) is 0 Å². The lowest BCUT2D eigenvalue weighted by Crippen LogP contribution is -2.31. The largest absolute Gasteiger partial charge is 0.459 e. The second kappa shape index (κ2) is 5.76. The smallest absolute Gasteiger partial charge is 0.316 e.